The summed E-state index contributed by atoms with van der Waals surface area (Å²) in [6, 6.07) is 20.6. The first-order valence-corrected chi connectivity index (χ1v) is 9.77. The number of nitrogens with one attached hydrogen (secondary N) is 1. The van der Waals surface area contributed by atoms with Gasteiger partial charge in [0.15, 0.2) is 0 Å². The Morgan fingerprint density at radius 1 is 0.920 bits per heavy atom. The number of amides is 2. The molecule has 1 aliphatic rings. The summed E-state index contributed by atoms with van der Waals surface area (Å²) in [6.07, 6.45) is 0. The number of urea groups is 1. The molecule has 2 amide bonds. The van der Waals surface area contributed by atoms with Crippen LogP contribution in [0.1, 0.15) is 5.56 Å². The zero-order valence-corrected chi connectivity index (χ0v) is 15.3. The second-order valence-corrected chi connectivity index (χ2v) is 7.30. The molecule has 0 unspecified atom stereocenters. The van der Waals surface area contributed by atoms with E-state index in [0.717, 1.165) is 44.0 Å². The molecule has 0 aromatic heterocycles. The quantitative estimate of drug-likeness (QED) is 0.808. The number of nitrogens with zero attached hydrogens (tertiary/aromatic N) is 2. The maximum Gasteiger partial charge on any atom is 0.317 e. The molecule has 1 N–H and O–H groups in total. The maximum atomic E-state index is 12.3. The Labute approximate surface area is 154 Å². The van der Waals surface area contributed by atoms with Gasteiger partial charge in [-0.3, -0.25) is 4.90 Å². The van der Waals surface area contributed by atoms with E-state index in [-0.39, 0.29) is 6.03 Å². The van der Waals surface area contributed by atoms with E-state index in [0.29, 0.717) is 6.54 Å². The number of piperazine rings is 1. The standard InChI is InChI=1S/C20H25N3OS/c24-20(21-17-18-7-3-1-4-8-18)23-13-11-22(12-14-23)15-16-25-19-9-5-2-6-10-19/h1-10H,11-17H2,(H,21,24). The molecule has 5 heteroatoms. The van der Waals surface area contributed by atoms with Crippen LogP contribution in [0.5, 0.6) is 0 Å². The van der Waals surface area contributed by atoms with Crippen LogP contribution in [0.25, 0.3) is 0 Å². The van der Waals surface area contributed by atoms with Crippen molar-refractivity contribution in [2.75, 3.05) is 38.5 Å². The van der Waals surface area contributed by atoms with Crippen LogP contribution in [0.4, 0.5) is 4.79 Å². The fourth-order valence-electron chi connectivity index (χ4n) is 2.87. The molecule has 0 atom stereocenters. The van der Waals surface area contributed by atoms with Crippen LogP contribution >= 0.6 is 11.8 Å². The first kappa shape index (κ1) is 17.8. The predicted octanol–water partition coefficient (Wildman–Crippen LogP) is 3.31. The Morgan fingerprint density at radius 2 is 1.56 bits per heavy atom. The van der Waals surface area contributed by atoms with Crippen molar-refractivity contribution < 1.29 is 4.79 Å². The molecule has 0 saturated carbocycles. The second kappa shape index (κ2) is 9.49. The highest BCUT2D eigenvalue weighted by Gasteiger charge is 2.20. The van der Waals surface area contributed by atoms with Crippen LogP contribution in [-0.4, -0.2) is 54.3 Å². The molecule has 2 aromatic carbocycles. The van der Waals surface area contributed by atoms with Gasteiger partial charge in [0, 0.05) is 49.9 Å². The molecule has 3 rings (SSSR count). The van der Waals surface area contributed by atoms with Gasteiger partial charge in [-0.05, 0) is 17.7 Å². The fraction of sp³-hybridized carbons (Fsp3) is 0.350. The SMILES string of the molecule is O=C(NCc1ccccc1)N1CCN(CCSc2ccccc2)CC1. The monoisotopic (exact) mass is 355 g/mol. The summed E-state index contributed by atoms with van der Waals surface area (Å²) < 4.78 is 0. The zero-order valence-electron chi connectivity index (χ0n) is 14.4. The lowest BCUT2D eigenvalue weighted by molar-refractivity contribution is 0.143. The molecule has 1 fully saturated rings. The number of thioether (sulfide) groups is 1. The Hall–Kier alpha value is -1.98. The van der Waals surface area contributed by atoms with Crippen molar-refractivity contribution in [1.29, 1.82) is 0 Å². The molecule has 2 aromatic rings. The molecule has 25 heavy (non-hydrogen) atoms. The van der Waals surface area contributed by atoms with Crippen molar-refractivity contribution in [2.24, 2.45) is 0 Å². The Morgan fingerprint density at radius 3 is 2.24 bits per heavy atom. The lowest BCUT2D eigenvalue weighted by atomic mass is 10.2. The third-order valence-corrected chi connectivity index (χ3v) is 5.36. The molecule has 132 valence electrons. The predicted molar refractivity (Wildman–Crippen MR) is 104 cm³/mol. The summed E-state index contributed by atoms with van der Waals surface area (Å²) in [5.74, 6) is 1.09. The van der Waals surface area contributed by atoms with Crippen molar-refractivity contribution in [2.45, 2.75) is 11.4 Å². The van der Waals surface area contributed by atoms with Gasteiger partial charge in [-0.1, -0.05) is 48.5 Å². The summed E-state index contributed by atoms with van der Waals surface area (Å²) in [4.78, 5) is 18.0. The van der Waals surface area contributed by atoms with Gasteiger partial charge in [-0.2, -0.15) is 0 Å². The normalized spacial score (nSPS) is 15.1. The zero-order chi connectivity index (χ0) is 17.3. The van der Waals surface area contributed by atoms with Gasteiger partial charge < -0.3 is 10.2 Å². The van der Waals surface area contributed by atoms with Gasteiger partial charge >= 0.3 is 6.03 Å². The number of carbonyl (C=O) groups is 1. The average molecular weight is 356 g/mol. The number of rotatable bonds is 6. The van der Waals surface area contributed by atoms with Gasteiger partial charge in [0.2, 0.25) is 0 Å². The van der Waals surface area contributed by atoms with Gasteiger partial charge in [0.25, 0.3) is 0 Å². The van der Waals surface area contributed by atoms with E-state index in [2.05, 4.69) is 34.5 Å². The molecule has 1 heterocycles. The largest absolute Gasteiger partial charge is 0.334 e. The van der Waals surface area contributed by atoms with Crippen LogP contribution in [0.15, 0.2) is 65.6 Å². The smallest absolute Gasteiger partial charge is 0.317 e. The molecular weight excluding hydrogens is 330 g/mol. The first-order chi connectivity index (χ1) is 12.3. The molecule has 4 nitrogen and oxygen atoms in total. The third kappa shape index (κ3) is 5.80. The van der Waals surface area contributed by atoms with Crippen LogP contribution in [0, 0.1) is 0 Å². The molecule has 0 aliphatic carbocycles. The molecule has 0 radical (unpaired) electrons. The fourth-order valence-corrected chi connectivity index (χ4v) is 3.80. The van der Waals surface area contributed by atoms with Crippen LogP contribution in [0.2, 0.25) is 0 Å². The summed E-state index contributed by atoms with van der Waals surface area (Å²) in [5.41, 5.74) is 1.13. The minimum absolute atomic E-state index is 0.0437. The Bertz CT molecular complexity index is 643. The lowest BCUT2D eigenvalue weighted by Gasteiger charge is -2.34. The van der Waals surface area contributed by atoms with Crippen LogP contribution < -0.4 is 5.32 Å². The molecule has 1 aliphatic heterocycles. The summed E-state index contributed by atoms with van der Waals surface area (Å²) in [7, 11) is 0. The minimum atomic E-state index is 0.0437. The highest BCUT2D eigenvalue weighted by atomic mass is 32.2. The van der Waals surface area contributed by atoms with Crippen molar-refractivity contribution in [3.8, 4) is 0 Å². The molecular formula is C20H25N3OS. The van der Waals surface area contributed by atoms with E-state index in [9.17, 15) is 4.79 Å². The summed E-state index contributed by atoms with van der Waals surface area (Å²) in [6.45, 7) is 5.17. The first-order valence-electron chi connectivity index (χ1n) is 8.78. The highest BCUT2D eigenvalue weighted by molar-refractivity contribution is 7.99. The average Bonchev–Trinajstić information content (AvgIpc) is 2.68. The second-order valence-electron chi connectivity index (χ2n) is 6.13. The van der Waals surface area contributed by atoms with Crippen molar-refractivity contribution in [3.05, 3.63) is 66.2 Å². The van der Waals surface area contributed by atoms with Crippen molar-refractivity contribution in [3.63, 3.8) is 0 Å². The van der Waals surface area contributed by atoms with Crippen molar-refractivity contribution >= 4 is 17.8 Å². The third-order valence-electron chi connectivity index (χ3n) is 4.37. The van der Waals surface area contributed by atoms with Gasteiger partial charge in [0.05, 0.1) is 0 Å². The Balaban J connectivity index is 1.33. The van der Waals surface area contributed by atoms with Crippen LogP contribution in [-0.2, 0) is 6.54 Å². The Kier molecular flexibility index (Phi) is 6.77. The number of hydrogen-bond acceptors (Lipinski definition) is 3. The number of benzene rings is 2. The lowest BCUT2D eigenvalue weighted by Crippen LogP contribution is -2.51. The van der Waals surface area contributed by atoms with E-state index in [1.54, 1.807) is 0 Å². The topological polar surface area (TPSA) is 35.6 Å². The maximum absolute atomic E-state index is 12.3. The van der Waals surface area contributed by atoms with E-state index >= 15 is 0 Å². The van der Waals surface area contributed by atoms with Crippen LogP contribution in [0.3, 0.4) is 0 Å². The van der Waals surface area contributed by atoms with E-state index < -0.39 is 0 Å². The summed E-state index contributed by atoms with van der Waals surface area (Å²) >= 11 is 1.89. The molecule has 1 saturated heterocycles. The van der Waals surface area contributed by atoms with Crippen molar-refractivity contribution in [1.82, 2.24) is 15.1 Å². The van der Waals surface area contributed by atoms with Gasteiger partial charge in [-0.25, -0.2) is 4.79 Å². The number of hydrogen-bond donors (Lipinski definition) is 1. The van der Waals surface area contributed by atoms with E-state index in [1.165, 1.54) is 4.90 Å². The molecule has 0 bridgehead atoms. The van der Waals surface area contributed by atoms with E-state index in [4.69, 9.17) is 0 Å². The number of carbonyl (C=O) groups excluding carboxylic acids is 1. The van der Waals surface area contributed by atoms with E-state index in [1.807, 2.05) is 53.1 Å². The minimum Gasteiger partial charge on any atom is -0.334 e. The van der Waals surface area contributed by atoms with Gasteiger partial charge in [-0.15, -0.1) is 11.8 Å². The molecule has 0 spiro atoms. The summed E-state index contributed by atoms with van der Waals surface area (Å²) in [5, 5.41) is 3.01. The highest BCUT2D eigenvalue weighted by Crippen LogP contribution is 2.17. The van der Waals surface area contributed by atoms with Gasteiger partial charge in [0.1, 0.15) is 0 Å².